The highest BCUT2D eigenvalue weighted by Gasteiger charge is 2.37. The third kappa shape index (κ3) is 7.17. The molecule has 2 aliphatic rings. The highest BCUT2D eigenvalue weighted by molar-refractivity contribution is 5.96. The summed E-state index contributed by atoms with van der Waals surface area (Å²) >= 11 is 0. The van der Waals surface area contributed by atoms with Gasteiger partial charge in [-0.05, 0) is 55.2 Å². The molecule has 0 saturated carbocycles. The quantitative estimate of drug-likeness (QED) is 0.294. The number of ether oxygens (including phenoxy) is 1. The van der Waals surface area contributed by atoms with Crippen LogP contribution in [-0.2, 0) is 20.9 Å². The lowest BCUT2D eigenvalue weighted by atomic mass is 9.81. The lowest BCUT2D eigenvalue weighted by molar-refractivity contribution is -0.140. The van der Waals surface area contributed by atoms with Gasteiger partial charge in [0.15, 0.2) is 0 Å². The number of esters is 1. The Hall–Kier alpha value is -4.49. The second kappa shape index (κ2) is 14.3. The van der Waals surface area contributed by atoms with Gasteiger partial charge in [0.1, 0.15) is 0 Å². The van der Waals surface area contributed by atoms with Crippen LogP contribution in [0.25, 0.3) is 6.08 Å². The van der Waals surface area contributed by atoms with Crippen molar-refractivity contribution in [1.29, 1.82) is 0 Å². The van der Waals surface area contributed by atoms with Crippen LogP contribution in [0.5, 0.6) is 0 Å². The number of aryl methyl sites for hydroxylation is 1. The molecule has 44 heavy (non-hydrogen) atoms. The molecule has 0 aliphatic carbocycles. The molecule has 3 aromatic rings. The van der Waals surface area contributed by atoms with Gasteiger partial charge < -0.3 is 14.5 Å². The smallest absolute Gasteiger partial charge is 0.336 e. The number of hydrogen-bond acceptors (Lipinski definition) is 5. The maximum absolute atomic E-state index is 13.5. The van der Waals surface area contributed by atoms with E-state index in [1.54, 1.807) is 11.8 Å². The minimum Gasteiger partial charge on any atom is -0.463 e. The summed E-state index contributed by atoms with van der Waals surface area (Å²) in [6.07, 6.45) is 4.48. The summed E-state index contributed by atoms with van der Waals surface area (Å²) in [6, 6.07) is 25.6. The van der Waals surface area contributed by atoms with Crippen molar-refractivity contribution in [3.05, 3.63) is 124 Å². The molecule has 0 spiro atoms. The molecule has 2 aliphatic heterocycles. The normalized spacial score (nSPS) is 17.8. The van der Waals surface area contributed by atoms with Crippen molar-refractivity contribution in [3.63, 3.8) is 0 Å². The topological polar surface area (TPSA) is 70.2 Å². The van der Waals surface area contributed by atoms with E-state index in [2.05, 4.69) is 29.2 Å². The number of allylic oxidation sites excluding steroid dienone is 1. The summed E-state index contributed by atoms with van der Waals surface area (Å²) < 4.78 is 5.45. The summed E-state index contributed by atoms with van der Waals surface area (Å²) in [7, 11) is 0. The van der Waals surface area contributed by atoms with Crippen LogP contribution in [0.15, 0.2) is 96.2 Å². The standard InChI is InChI=1S/C37H41N3O4/c1-4-44-37(43)35-28(3)40(34(41)25-33(35)32-18-9-8-12-27(32)2)26-30-15-10-17-31(24-30)36(42)39-22-20-38(21-23-39)19-11-16-29-13-6-5-7-14-29/h5-18,24,33H,4,19-23,25-26H2,1-3H3/b16-11+/t33-/m1/s1. The summed E-state index contributed by atoms with van der Waals surface area (Å²) in [5.74, 6) is -0.817. The first-order valence-corrected chi connectivity index (χ1v) is 15.4. The number of carbonyl (C=O) groups is 3. The van der Waals surface area contributed by atoms with E-state index in [-0.39, 0.29) is 37.3 Å². The summed E-state index contributed by atoms with van der Waals surface area (Å²) in [5, 5.41) is 0. The average molecular weight is 592 g/mol. The second-order valence-electron chi connectivity index (χ2n) is 11.4. The number of rotatable bonds is 9. The molecule has 1 saturated heterocycles. The van der Waals surface area contributed by atoms with E-state index in [0.717, 1.165) is 36.3 Å². The largest absolute Gasteiger partial charge is 0.463 e. The van der Waals surface area contributed by atoms with Gasteiger partial charge in [0.2, 0.25) is 5.91 Å². The molecule has 228 valence electrons. The number of benzene rings is 3. The van der Waals surface area contributed by atoms with E-state index in [1.807, 2.05) is 85.5 Å². The lowest BCUT2D eigenvalue weighted by Crippen LogP contribution is -2.48. The first kappa shape index (κ1) is 31.0. The molecule has 0 N–H and O–H groups in total. The van der Waals surface area contributed by atoms with Crippen molar-refractivity contribution in [1.82, 2.24) is 14.7 Å². The highest BCUT2D eigenvalue weighted by Crippen LogP contribution is 2.39. The Bertz CT molecular complexity index is 1550. The van der Waals surface area contributed by atoms with Crippen LogP contribution in [0.4, 0.5) is 0 Å². The molecular weight excluding hydrogens is 550 g/mol. The minimum atomic E-state index is -0.394. The average Bonchev–Trinajstić information content (AvgIpc) is 3.04. The SMILES string of the molecule is CCOC(=O)C1=C(C)N(Cc2cccc(C(=O)N3CCN(C/C=C/c4ccccc4)CC3)c2)C(=O)C[C@@H]1c1ccccc1C. The van der Waals surface area contributed by atoms with Gasteiger partial charge in [-0.2, -0.15) is 0 Å². The van der Waals surface area contributed by atoms with Crippen LogP contribution >= 0.6 is 0 Å². The van der Waals surface area contributed by atoms with Crippen molar-refractivity contribution in [3.8, 4) is 0 Å². The molecule has 0 unspecified atom stereocenters. The molecule has 1 fully saturated rings. The molecular formula is C37H41N3O4. The van der Waals surface area contributed by atoms with Crippen molar-refractivity contribution in [2.45, 2.75) is 39.7 Å². The number of nitrogens with zero attached hydrogens (tertiary/aromatic N) is 3. The zero-order chi connectivity index (χ0) is 31.1. The highest BCUT2D eigenvalue weighted by atomic mass is 16.5. The maximum Gasteiger partial charge on any atom is 0.336 e. The van der Waals surface area contributed by atoms with E-state index < -0.39 is 5.97 Å². The Morgan fingerprint density at radius 1 is 0.909 bits per heavy atom. The summed E-state index contributed by atoms with van der Waals surface area (Å²) in [4.78, 5) is 46.1. The molecule has 2 heterocycles. The first-order valence-electron chi connectivity index (χ1n) is 15.4. The van der Waals surface area contributed by atoms with Gasteiger partial charge in [-0.1, -0.05) is 78.9 Å². The number of amides is 2. The van der Waals surface area contributed by atoms with Gasteiger partial charge in [0.05, 0.1) is 18.7 Å². The zero-order valence-corrected chi connectivity index (χ0v) is 25.9. The Morgan fingerprint density at radius 2 is 1.64 bits per heavy atom. The molecule has 0 bridgehead atoms. The Morgan fingerprint density at radius 3 is 2.36 bits per heavy atom. The van der Waals surface area contributed by atoms with E-state index in [0.29, 0.717) is 29.9 Å². The molecule has 5 rings (SSSR count). The third-order valence-electron chi connectivity index (χ3n) is 8.53. The van der Waals surface area contributed by atoms with E-state index in [4.69, 9.17) is 4.74 Å². The Labute approximate surface area is 260 Å². The summed E-state index contributed by atoms with van der Waals surface area (Å²) in [6.45, 7) is 9.94. The Kier molecular flexibility index (Phi) is 10.1. The van der Waals surface area contributed by atoms with Crippen LogP contribution in [0.1, 0.15) is 58.8 Å². The molecule has 1 atom stereocenters. The monoisotopic (exact) mass is 591 g/mol. The number of piperazine rings is 1. The van der Waals surface area contributed by atoms with E-state index >= 15 is 0 Å². The van der Waals surface area contributed by atoms with Crippen LogP contribution < -0.4 is 0 Å². The Balaban J connectivity index is 1.27. The van der Waals surface area contributed by atoms with Gasteiger partial charge in [0, 0.05) is 56.3 Å². The summed E-state index contributed by atoms with van der Waals surface area (Å²) in [5.41, 5.74) is 5.74. The maximum atomic E-state index is 13.5. The zero-order valence-electron chi connectivity index (χ0n) is 25.9. The van der Waals surface area contributed by atoms with E-state index in [9.17, 15) is 14.4 Å². The van der Waals surface area contributed by atoms with Gasteiger partial charge in [0.25, 0.3) is 5.91 Å². The molecule has 7 nitrogen and oxygen atoms in total. The van der Waals surface area contributed by atoms with Crippen molar-refractivity contribution in [2.24, 2.45) is 0 Å². The fourth-order valence-corrected chi connectivity index (χ4v) is 6.12. The molecule has 0 radical (unpaired) electrons. The van der Waals surface area contributed by atoms with Gasteiger partial charge in [-0.15, -0.1) is 0 Å². The molecule has 3 aromatic carbocycles. The van der Waals surface area contributed by atoms with Gasteiger partial charge in [-0.25, -0.2) is 4.79 Å². The van der Waals surface area contributed by atoms with Crippen LogP contribution in [-0.4, -0.2) is 71.8 Å². The molecule has 7 heteroatoms. The first-order chi connectivity index (χ1) is 21.4. The van der Waals surface area contributed by atoms with Crippen LogP contribution in [0.3, 0.4) is 0 Å². The van der Waals surface area contributed by atoms with Crippen molar-refractivity contribution >= 4 is 23.9 Å². The fraction of sp³-hybridized carbons (Fsp3) is 0.324. The second-order valence-corrected chi connectivity index (χ2v) is 11.4. The third-order valence-corrected chi connectivity index (χ3v) is 8.53. The predicted molar refractivity (Wildman–Crippen MR) is 173 cm³/mol. The molecule has 2 amide bonds. The van der Waals surface area contributed by atoms with Crippen molar-refractivity contribution < 1.29 is 19.1 Å². The minimum absolute atomic E-state index is 0.00427. The van der Waals surface area contributed by atoms with Gasteiger partial charge in [-0.3, -0.25) is 14.5 Å². The van der Waals surface area contributed by atoms with Crippen LogP contribution in [0.2, 0.25) is 0 Å². The van der Waals surface area contributed by atoms with E-state index in [1.165, 1.54) is 5.56 Å². The predicted octanol–water partition coefficient (Wildman–Crippen LogP) is 5.82. The molecule has 0 aromatic heterocycles. The van der Waals surface area contributed by atoms with Gasteiger partial charge >= 0.3 is 5.97 Å². The number of carbonyl (C=O) groups excluding carboxylic acids is 3. The fourth-order valence-electron chi connectivity index (χ4n) is 6.12. The number of hydrogen-bond donors (Lipinski definition) is 0. The lowest BCUT2D eigenvalue weighted by Gasteiger charge is -2.35. The van der Waals surface area contributed by atoms with Crippen molar-refractivity contribution in [2.75, 3.05) is 39.3 Å². The van der Waals surface area contributed by atoms with Crippen LogP contribution in [0, 0.1) is 6.92 Å².